The second kappa shape index (κ2) is 8.22. The Labute approximate surface area is 153 Å². The first-order valence-electron chi connectivity index (χ1n) is 7.13. The van der Waals surface area contributed by atoms with Gasteiger partial charge in [0.1, 0.15) is 0 Å². The molecule has 0 radical (unpaired) electrons. The molecule has 0 saturated heterocycles. The second-order valence-electron chi connectivity index (χ2n) is 5.11. The number of ether oxygens (including phenoxy) is 2. The molecule has 0 unspecified atom stereocenters. The van der Waals surface area contributed by atoms with Crippen molar-refractivity contribution in [3.05, 3.63) is 51.5 Å². The van der Waals surface area contributed by atoms with E-state index in [1.165, 1.54) is 24.9 Å². The van der Waals surface area contributed by atoms with Crippen LogP contribution in [0.4, 0.5) is 0 Å². The Balaban J connectivity index is 2.04. The van der Waals surface area contributed by atoms with Crippen molar-refractivity contribution in [1.29, 1.82) is 5.26 Å². The van der Waals surface area contributed by atoms with Crippen LogP contribution in [-0.2, 0) is 4.79 Å². The number of hydrogen-bond acceptors (Lipinski definition) is 5. The van der Waals surface area contributed by atoms with Gasteiger partial charge in [0.15, 0.2) is 11.5 Å². The summed E-state index contributed by atoms with van der Waals surface area (Å²) >= 11 is 4.92. The van der Waals surface area contributed by atoms with Crippen LogP contribution in [0.5, 0.6) is 11.5 Å². The summed E-state index contributed by atoms with van der Waals surface area (Å²) in [4.78, 5) is 13.1. The minimum absolute atomic E-state index is 0.186. The van der Waals surface area contributed by atoms with Gasteiger partial charge in [-0.15, -0.1) is 11.8 Å². The van der Waals surface area contributed by atoms with Gasteiger partial charge in [-0.3, -0.25) is 4.79 Å². The minimum atomic E-state index is -0.372. The molecule has 0 aliphatic carbocycles. The molecule has 0 aliphatic heterocycles. The summed E-state index contributed by atoms with van der Waals surface area (Å²) in [5.41, 5.74) is 2.66. The van der Waals surface area contributed by atoms with Crippen LogP contribution in [0.2, 0.25) is 0 Å². The highest BCUT2D eigenvalue weighted by molar-refractivity contribution is 9.10. The molecule has 2 aromatic carbocycles. The number of halogens is 1. The standard InChI is InChI=1S/C18H16BrNO3S/c1-11-7-17(12(2)6-14(11)19)24-10-18(21)23-15-5-4-13(9-20)8-16(15)22-3/h4-8H,10H2,1-3H3. The Kier molecular flexibility index (Phi) is 6.29. The number of methoxy groups -OCH3 is 1. The Morgan fingerprint density at radius 3 is 2.62 bits per heavy atom. The van der Waals surface area contributed by atoms with Crippen molar-refractivity contribution >= 4 is 33.7 Å². The summed E-state index contributed by atoms with van der Waals surface area (Å²) in [6, 6.07) is 10.8. The average Bonchev–Trinajstić information content (AvgIpc) is 2.57. The molecule has 0 bridgehead atoms. The lowest BCUT2D eigenvalue weighted by molar-refractivity contribution is -0.131. The van der Waals surface area contributed by atoms with Crippen LogP contribution in [0.3, 0.4) is 0 Å². The molecule has 0 N–H and O–H groups in total. The average molecular weight is 406 g/mol. The van der Waals surface area contributed by atoms with Gasteiger partial charge in [0.25, 0.3) is 0 Å². The van der Waals surface area contributed by atoms with Crippen LogP contribution in [0.1, 0.15) is 16.7 Å². The van der Waals surface area contributed by atoms with Crippen LogP contribution in [-0.4, -0.2) is 18.8 Å². The number of rotatable bonds is 5. The van der Waals surface area contributed by atoms with Gasteiger partial charge >= 0.3 is 5.97 Å². The van der Waals surface area contributed by atoms with E-state index in [2.05, 4.69) is 15.9 Å². The maximum absolute atomic E-state index is 12.1. The number of esters is 1. The molecule has 0 saturated carbocycles. The summed E-state index contributed by atoms with van der Waals surface area (Å²) in [5, 5.41) is 8.89. The van der Waals surface area contributed by atoms with Gasteiger partial charge < -0.3 is 9.47 Å². The van der Waals surface area contributed by atoms with Crippen molar-refractivity contribution in [2.45, 2.75) is 18.7 Å². The van der Waals surface area contributed by atoms with E-state index in [0.717, 1.165) is 20.5 Å². The van der Waals surface area contributed by atoms with E-state index in [0.29, 0.717) is 17.1 Å². The molecular formula is C18H16BrNO3S. The fourth-order valence-electron chi connectivity index (χ4n) is 2.02. The molecule has 0 amide bonds. The summed E-state index contributed by atoms with van der Waals surface area (Å²) in [6.45, 7) is 4.01. The Hall–Kier alpha value is -1.97. The molecule has 2 aromatic rings. The van der Waals surface area contributed by atoms with Gasteiger partial charge in [0.2, 0.25) is 0 Å². The lowest BCUT2D eigenvalue weighted by atomic mass is 10.2. The molecule has 2 rings (SSSR count). The van der Waals surface area contributed by atoms with Crippen LogP contribution in [0.15, 0.2) is 39.7 Å². The Morgan fingerprint density at radius 2 is 1.96 bits per heavy atom. The first kappa shape index (κ1) is 18.4. The lowest BCUT2D eigenvalue weighted by Crippen LogP contribution is -2.11. The summed E-state index contributed by atoms with van der Waals surface area (Å²) in [5.74, 6) is 0.488. The van der Waals surface area contributed by atoms with Crippen molar-refractivity contribution in [3.63, 3.8) is 0 Å². The van der Waals surface area contributed by atoms with E-state index < -0.39 is 0 Å². The molecule has 0 fully saturated rings. The number of nitriles is 1. The SMILES string of the molecule is COc1cc(C#N)ccc1OC(=O)CSc1cc(C)c(Br)cc1C. The highest BCUT2D eigenvalue weighted by Gasteiger charge is 2.12. The number of carbonyl (C=O) groups is 1. The number of hydrogen-bond donors (Lipinski definition) is 0. The fourth-order valence-corrected chi connectivity index (χ4v) is 3.36. The highest BCUT2D eigenvalue weighted by Crippen LogP contribution is 2.30. The van der Waals surface area contributed by atoms with E-state index in [1.807, 2.05) is 32.0 Å². The fraction of sp³-hybridized carbons (Fsp3) is 0.222. The Bertz CT molecular complexity index is 815. The maximum Gasteiger partial charge on any atom is 0.321 e. The molecular weight excluding hydrogens is 390 g/mol. The minimum Gasteiger partial charge on any atom is -0.493 e. The van der Waals surface area contributed by atoms with Crippen molar-refractivity contribution in [2.24, 2.45) is 0 Å². The zero-order chi connectivity index (χ0) is 17.7. The van der Waals surface area contributed by atoms with Crippen LogP contribution >= 0.6 is 27.7 Å². The number of aryl methyl sites for hydroxylation is 2. The second-order valence-corrected chi connectivity index (χ2v) is 6.98. The van der Waals surface area contributed by atoms with Gasteiger partial charge in [0, 0.05) is 15.4 Å². The van der Waals surface area contributed by atoms with Gasteiger partial charge in [-0.25, -0.2) is 0 Å². The summed E-state index contributed by atoms with van der Waals surface area (Å²) in [7, 11) is 1.47. The normalized spacial score (nSPS) is 10.1. The topological polar surface area (TPSA) is 59.3 Å². The molecule has 0 atom stereocenters. The van der Waals surface area contributed by atoms with Crippen molar-refractivity contribution in [3.8, 4) is 17.6 Å². The number of benzene rings is 2. The number of carbonyl (C=O) groups excluding carboxylic acids is 1. The highest BCUT2D eigenvalue weighted by atomic mass is 79.9. The molecule has 6 heteroatoms. The molecule has 0 aliphatic rings. The van der Waals surface area contributed by atoms with Crippen LogP contribution < -0.4 is 9.47 Å². The van der Waals surface area contributed by atoms with E-state index in [-0.39, 0.29) is 11.7 Å². The third kappa shape index (κ3) is 4.53. The van der Waals surface area contributed by atoms with Crippen molar-refractivity contribution < 1.29 is 14.3 Å². The molecule has 0 spiro atoms. The Morgan fingerprint density at radius 1 is 1.21 bits per heavy atom. The monoisotopic (exact) mass is 405 g/mol. The van der Waals surface area contributed by atoms with Crippen LogP contribution in [0, 0.1) is 25.2 Å². The maximum atomic E-state index is 12.1. The van der Waals surface area contributed by atoms with Gasteiger partial charge in [-0.2, -0.15) is 5.26 Å². The molecule has 124 valence electrons. The van der Waals surface area contributed by atoms with Crippen LogP contribution in [0.25, 0.3) is 0 Å². The van der Waals surface area contributed by atoms with Crippen molar-refractivity contribution in [1.82, 2.24) is 0 Å². The number of nitrogens with zero attached hydrogens (tertiary/aromatic N) is 1. The molecule has 24 heavy (non-hydrogen) atoms. The third-order valence-electron chi connectivity index (χ3n) is 3.32. The zero-order valence-corrected chi connectivity index (χ0v) is 16.0. The lowest BCUT2D eigenvalue weighted by Gasteiger charge is -2.10. The van der Waals surface area contributed by atoms with Gasteiger partial charge in [-0.1, -0.05) is 15.9 Å². The van der Waals surface area contributed by atoms with E-state index in [4.69, 9.17) is 14.7 Å². The van der Waals surface area contributed by atoms with E-state index in [9.17, 15) is 4.79 Å². The van der Waals surface area contributed by atoms with Gasteiger partial charge in [0.05, 0.1) is 24.5 Å². The largest absolute Gasteiger partial charge is 0.493 e. The summed E-state index contributed by atoms with van der Waals surface area (Å²) in [6.07, 6.45) is 0. The smallest absolute Gasteiger partial charge is 0.321 e. The predicted molar refractivity (Wildman–Crippen MR) is 97.7 cm³/mol. The number of thioether (sulfide) groups is 1. The molecule has 0 aromatic heterocycles. The van der Waals surface area contributed by atoms with E-state index in [1.54, 1.807) is 12.1 Å². The van der Waals surface area contributed by atoms with Crippen molar-refractivity contribution in [2.75, 3.05) is 12.9 Å². The van der Waals surface area contributed by atoms with E-state index >= 15 is 0 Å². The zero-order valence-electron chi connectivity index (χ0n) is 13.6. The first-order chi connectivity index (χ1) is 11.4. The molecule has 0 heterocycles. The third-order valence-corrected chi connectivity index (χ3v) is 5.30. The molecule has 4 nitrogen and oxygen atoms in total. The predicted octanol–water partition coefficient (Wildman–Crippen LogP) is 4.64. The summed E-state index contributed by atoms with van der Waals surface area (Å²) < 4.78 is 11.6. The van der Waals surface area contributed by atoms with Gasteiger partial charge in [-0.05, 0) is 49.2 Å². The quantitative estimate of drug-likeness (QED) is 0.411. The first-order valence-corrected chi connectivity index (χ1v) is 8.91.